The van der Waals surface area contributed by atoms with Crippen molar-refractivity contribution in [3.05, 3.63) is 36.2 Å². The molecule has 2 aromatic heterocycles. The lowest BCUT2D eigenvalue weighted by Crippen LogP contribution is -2.17. The Bertz CT molecular complexity index is 711. The molecular formula is C15H14F3N3O2S. The van der Waals surface area contributed by atoms with E-state index in [9.17, 15) is 18.0 Å². The Morgan fingerprint density at radius 1 is 1.33 bits per heavy atom. The highest BCUT2D eigenvalue weighted by atomic mass is 32.2. The van der Waals surface area contributed by atoms with Crippen molar-refractivity contribution >= 4 is 17.7 Å². The van der Waals surface area contributed by atoms with Crippen molar-refractivity contribution in [2.45, 2.75) is 30.3 Å². The number of halogens is 3. The summed E-state index contributed by atoms with van der Waals surface area (Å²) in [5.74, 6) is -0.668. The van der Waals surface area contributed by atoms with Gasteiger partial charge in [0.15, 0.2) is 5.82 Å². The lowest BCUT2D eigenvalue weighted by molar-refractivity contribution is -0.142. The largest absolute Gasteiger partial charge is 0.465 e. The zero-order valence-electron chi connectivity index (χ0n) is 12.9. The molecule has 9 heteroatoms. The minimum absolute atomic E-state index is 0.0264. The summed E-state index contributed by atoms with van der Waals surface area (Å²) < 4.78 is 44.1. The standard InChI is InChI=1S/C15H14F3N3O2S/c1-3-23-14(22)9(2)24-12-8-11(15(16,17)18)20-13(21-12)10-6-4-5-7-19-10/h4-9H,3H2,1-2H3. The summed E-state index contributed by atoms with van der Waals surface area (Å²) in [5.41, 5.74) is -0.869. The van der Waals surface area contributed by atoms with E-state index in [0.717, 1.165) is 17.8 Å². The fourth-order valence-electron chi connectivity index (χ4n) is 1.73. The van der Waals surface area contributed by atoms with Crippen LogP contribution in [0, 0.1) is 0 Å². The van der Waals surface area contributed by atoms with Crippen LogP contribution < -0.4 is 0 Å². The number of carbonyl (C=O) groups excluding carboxylic acids is 1. The molecule has 0 fully saturated rings. The monoisotopic (exact) mass is 357 g/mol. The number of nitrogens with zero attached hydrogens (tertiary/aromatic N) is 3. The Balaban J connectivity index is 2.39. The van der Waals surface area contributed by atoms with Crippen LogP contribution in [0.5, 0.6) is 0 Å². The highest BCUT2D eigenvalue weighted by Gasteiger charge is 2.34. The third-order valence-corrected chi connectivity index (χ3v) is 3.80. The molecule has 24 heavy (non-hydrogen) atoms. The van der Waals surface area contributed by atoms with Crippen LogP contribution in [0.15, 0.2) is 35.5 Å². The van der Waals surface area contributed by atoms with E-state index in [1.807, 2.05) is 0 Å². The van der Waals surface area contributed by atoms with Crippen LogP contribution in [0.3, 0.4) is 0 Å². The van der Waals surface area contributed by atoms with E-state index in [4.69, 9.17) is 4.74 Å². The van der Waals surface area contributed by atoms with Crippen molar-refractivity contribution in [3.63, 3.8) is 0 Å². The number of hydrogen-bond donors (Lipinski definition) is 0. The van der Waals surface area contributed by atoms with Crippen LogP contribution in [-0.4, -0.2) is 32.8 Å². The molecule has 5 nitrogen and oxygen atoms in total. The second-order valence-corrected chi connectivity index (χ2v) is 6.00. The normalized spacial score (nSPS) is 12.7. The number of alkyl halides is 3. The van der Waals surface area contributed by atoms with Crippen LogP contribution in [0.25, 0.3) is 11.5 Å². The number of aromatic nitrogens is 3. The molecule has 0 radical (unpaired) electrons. The zero-order chi connectivity index (χ0) is 17.7. The van der Waals surface area contributed by atoms with E-state index in [-0.39, 0.29) is 23.2 Å². The molecule has 128 valence electrons. The fourth-order valence-corrected chi connectivity index (χ4v) is 2.57. The number of esters is 1. The first-order valence-corrected chi connectivity index (χ1v) is 7.90. The molecule has 0 saturated heterocycles. The van der Waals surface area contributed by atoms with E-state index in [2.05, 4.69) is 15.0 Å². The molecule has 0 aromatic carbocycles. The first-order chi connectivity index (χ1) is 11.3. The maximum atomic E-state index is 13.1. The number of thioether (sulfide) groups is 1. The van der Waals surface area contributed by atoms with Gasteiger partial charge in [-0.05, 0) is 26.0 Å². The maximum absolute atomic E-state index is 13.1. The highest BCUT2D eigenvalue weighted by molar-refractivity contribution is 8.00. The molecule has 0 aliphatic rings. The number of ether oxygens (including phenoxy) is 1. The van der Waals surface area contributed by atoms with Crippen molar-refractivity contribution in [2.75, 3.05) is 6.61 Å². The predicted molar refractivity (Wildman–Crippen MR) is 82.2 cm³/mol. The summed E-state index contributed by atoms with van der Waals surface area (Å²) in [7, 11) is 0. The Kier molecular flexibility index (Phi) is 5.76. The van der Waals surface area contributed by atoms with Crippen LogP contribution in [0.2, 0.25) is 0 Å². The molecule has 2 aromatic rings. The van der Waals surface area contributed by atoms with Crippen molar-refractivity contribution in [1.29, 1.82) is 0 Å². The number of pyridine rings is 1. The molecule has 2 rings (SSSR count). The van der Waals surface area contributed by atoms with Crippen LogP contribution in [0.1, 0.15) is 19.5 Å². The Morgan fingerprint density at radius 2 is 2.08 bits per heavy atom. The molecule has 2 heterocycles. The second kappa shape index (κ2) is 7.61. The fraction of sp³-hybridized carbons (Fsp3) is 0.333. The molecule has 0 amide bonds. The first-order valence-electron chi connectivity index (χ1n) is 7.02. The third-order valence-electron chi connectivity index (χ3n) is 2.80. The lowest BCUT2D eigenvalue weighted by Gasteiger charge is -2.12. The van der Waals surface area contributed by atoms with Crippen LogP contribution >= 0.6 is 11.8 Å². The van der Waals surface area contributed by atoms with Gasteiger partial charge < -0.3 is 4.74 Å². The average Bonchev–Trinajstić information content (AvgIpc) is 2.54. The van der Waals surface area contributed by atoms with Gasteiger partial charge in [-0.2, -0.15) is 13.2 Å². The summed E-state index contributed by atoms with van der Waals surface area (Å²) in [6, 6.07) is 5.58. The summed E-state index contributed by atoms with van der Waals surface area (Å²) in [5, 5.41) is -0.670. The molecule has 0 aliphatic heterocycles. The van der Waals surface area contributed by atoms with Gasteiger partial charge in [-0.1, -0.05) is 17.8 Å². The van der Waals surface area contributed by atoms with E-state index in [0.29, 0.717) is 0 Å². The van der Waals surface area contributed by atoms with E-state index < -0.39 is 23.1 Å². The molecule has 1 atom stereocenters. The minimum Gasteiger partial charge on any atom is -0.465 e. The summed E-state index contributed by atoms with van der Waals surface area (Å²) in [6.07, 6.45) is -3.19. The lowest BCUT2D eigenvalue weighted by atomic mass is 10.3. The molecule has 0 bridgehead atoms. The number of carbonyl (C=O) groups is 1. The SMILES string of the molecule is CCOC(=O)C(C)Sc1cc(C(F)(F)F)nc(-c2ccccn2)n1. The molecular weight excluding hydrogens is 343 g/mol. The summed E-state index contributed by atoms with van der Waals surface area (Å²) >= 11 is 0.877. The van der Waals surface area contributed by atoms with Gasteiger partial charge in [-0.3, -0.25) is 9.78 Å². The van der Waals surface area contributed by atoms with Crippen molar-refractivity contribution in [3.8, 4) is 11.5 Å². The third kappa shape index (κ3) is 4.67. The molecule has 0 saturated carbocycles. The van der Waals surface area contributed by atoms with Crippen LogP contribution in [0.4, 0.5) is 13.2 Å². The van der Waals surface area contributed by atoms with Gasteiger partial charge in [0.1, 0.15) is 21.7 Å². The van der Waals surface area contributed by atoms with Gasteiger partial charge in [0.25, 0.3) is 0 Å². The summed E-state index contributed by atoms with van der Waals surface area (Å²) in [4.78, 5) is 23.2. The predicted octanol–water partition coefficient (Wildman–Crippen LogP) is 3.60. The van der Waals surface area contributed by atoms with E-state index >= 15 is 0 Å². The Labute approximate surface area is 140 Å². The smallest absolute Gasteiger partial charge is 0.433 e. The van der Waals surface area contributed by atoms with Gasteiger partial charge >= 0.3 is 12.1 Å². The van der Waals surface area contributed by atoms with Gasteiger partial charge in [-0.25, -0.2) is 9.97 Å². The van der Waals surface area contributed by atoms with Crippen molar-refractivity contribution < 1.29 is 22.7 Å². The highest BCUT2D eigenvalue weighted by Crippen LogP contribution is 2.32. The molecule has 0 N–H and O–H groups in total. The molecule has 0 aliphatic carbocycles. The van der Waals surface area contributed by atoms with Crippen molar-refractivity contribution in [1.82, 2.24) is 15.0 Å². The van der Waals surface area contributed by atoms with Crippen molar-refractivity contribution in [2.24, 2.45) is 0 Å². The maximum Gasteiger partial charge on any atom is 0.433 e. The zero-order valence-corrected chi connectivity index (χ0v) is 13.7. The topological polar surface area (TPSA) is 65.0 Å². The number of rotatable bonds is 5. The van der Waals surface area contributed by atoms with Crippen LogP contribution in [-0.2, 0) is 15.7 Å². The minimum atomic E-state index is -4.63. The second-order valence-electron chi connectivity index (χ2n) is 4.64. The Hall–Kier alpha value is -2.16. The average molecular weight is 357 g/mol. The molecule has 1 unspecified atom stereocenters. The summed E-state index contributed by atoms with van der Waals surface area (Å²) in [6.45, 7) is 3.39. The molecule has 0 spiro atoms. The van der Waals surface area contributed by atoms with E-state index in [1.165, 1.54) is 12.3 Å². The quantitative estimate of drug-likeness (QED) is 0.463. The van der Waals surface area contributed by atoms with Gasteiger partial charge in [-0.15, -0.1) is 0 Å². The number of hydrogen-bond acceptors (Lipinski definition) is 6. The van der Waals surface area contributed by atoms with E-state index in [1.54, 1.807) is 26.0 Å². The van der Waals surface area contributed by atoms with Gasteiger partial charge in [0, 0.05) is 12.3 Å². The first kappa shape index (κ1) is 18.2. The van der Waals surface area contributed by atoms with Gasteiger partial charge in [0.2, 0.25) is 0 Å². The Morgan fingerprint density at radius 3 is 2.67 bits per heavy atom. The van der Waals surface area contributed by atoms with Gasteiger partial charge in [0.05, 0.1) is 6.61 Å².